The van der Waals surface area contributed by atoms with E-state index in [0.29, 0.717) is 0 Å². The summed E-state index contributed by atoms with van der Waals surface area (Å²) in [5.74, 6) is 3.46. The molecule has 0 spiro atoms. The van der Waals surface area contributed by atoms with Crippen LogP contribution in [0.15, 0.2) is 194 Å². The van der Waals surface area contributed by atoms with Crippen molar-refractivity contribution in [3.8, 4) is 40.1 Å². The number of para-hydroxylation sites is 6. The zero-order valence-electron chi connectivity index (χ0n) is 32.2. The molecule has 0 fully saturated rings. The Morgan fingerprint density at radius 3 is 1.17 bits per heavy atom. The van der Waals surface area contributed by atoms with Crippen molar-refractivity contribution in [2.75, 3.05) is 0 Å². The van der Waals surface area contributed by atoms with Crippen LogP contribution in [0.3, 0.4) is 0 Å². The monoisotopic (exact) mass is 765 g/mol. The summed E-state index contributed by atoms with van der Waals surface area (Å²) < 4.78 is 22.1. The molecule has 0 amide bonds. The number of aromatic nitrogens is 3. The average Bonchev–Trinajstić information content (AvgIpc) is 3.96. The summed E-state index contributed by atoms with van der Waals surface area (Å²) in [4.78, 5) is 0. The quantitative estimate of drug-likeness (QED) is 0.168. The van der Waals surface area contributed by atoms with Crippen molar-refractivity contribution < 1.29 is 9.47 Å². The Morgan fingerprint density at radius 1 is 0.317 bits per heavy atom. The van der Waals surface area contributed by atoms with Gasteiger partial charge in [-0.25, -0.2) is 0 Å². The van der Waals surface area contributed by atoms with Gasteiger partial charge >= 0.3 is 0 Å². The molecule has 0 aliphatic carbocycles. The predicted molar refractivity (Wildman–Crippen MR) is 247 cm³/mol. The lowest BCUT2D eigenvalue weighted by Crippen LogP contribution is -2.57. The minimum absolute atomic E-state index is 0.155. The van der Waals surface area contributed by atoms with Crippen LogP contribution in [0.2, 0.25) is 0 Å². The number of hydrogen-bond acceptors (Lipinski definition) is 2. The maximum Gasteiger partial charge on any atom is 0.260 e. The van der Waals surface area contributed by atoms with E-state index in [1.54, 1.807) is 0 Å². The van der Waals surface area contributed by atoms with Crippen LogP contribution >= 0.6 is 0 Å². The fraction of sp³-hybridized carbons (Fsp3) is 0. The molecule has 2 aliphatic rings. The Kier molecular flexibility index (Phi) is 6.31. The molecular weight excluding hydrogens is 733 g/mol. The summed E-state index contributed by atoms with van der Waals surface area (Å²) in [6.07, 6.45) is 0. The van der Waals surface area contributed by atoms with Gasteiger partial charge in [0.1, 0.15) is 23.0 Å². The maximum absolute atomic E-state index is 7.59. The van der Waals surface area contributed by atoms with Crippen molar-refractivity contribution in [1.82, 2.24) is 13.7 Å². The number of ether oxygens (including phenoxy) is 2. The summed E-state index contributed by atoms with van der Waals surface area (Å²) >= 11 is 0. The van der Waals surface area contributed by atoms with Gasteiger partial charge < -0.3 is 23.2 Å². The molecule has 3 aromatic heterocycles. The second kappa shape index (κ2) is 11.8. The molecule has 12 aromatic rings. The minimum Gasteiger partial charge on any atom is -0.457 e. The Bertz CT molecular complexity index is 3760. The summed E-state index contributed by atoms with van der Waals surface area (Å²) in [7, 11) is 0. The van der Waals surface area contributed by atoms with E-state index < -0.39 is 0 Å². The lowest BCUT2D eigenvalue weighted by atomic mass is 9.34. The molecule has 0 saturated carbocycles. The summed E-state index contributed by atoms with van der Waals surface area (Å²) in [6.45, 7) is -0.155. The first kappa shape index (κ1) is 32.1. The van der Waals surface area contributed by atoms with Crippen molar-refractivity contribution in [3.05, 3.63) is 194 Å². The highest BCUT2D eigenvalue weighted by Crippen LogP contribution is 2.49. The molecule has 0 bridgehead atoms. The van der Waals surface area contributed by atoms with Gasteiger partial charge in [0, 0.05) is 44.8 Å². The molecule has 2 aliphatic heterocycles. The number of rotatable bonds is 3. The Labute approximate surface area is 344 Å². The number of nitrogens with zero attached hydrogens (tertiary/aromatic N) is 3. The highest BCUT2D eigenvalue weighted by atomic mass is 16.5. The Morgan fingerprint density at radius 2 is 0.700 bits per heavy atom. The minimum atomic E-state index is -0.155. The molecule has 0 radical (unpaired) electrons. The second-order valence-electron chi connectivity index (χ2n) is 16.0. The Balaban J connectivity index is 1.15. The van der Waals surface area contributed by atoms with E-state index in [0.717, 1.165) is 122 Å². The number of fused-ring (bicyclic) bond motifs is 16. The topological polar surface area (TPSA) is 33.2 Å². The van der Waals surface area contributed by atoms with Crippen LogP contribution in [0.5, 0.6) is 23.0 Å². The fourth-order valence-electron chi connectivity index (χ4n) is 10.6. The van der Waals surface area contributed by atoms with Crippen molar-refractivity contribution in [3.63, 3.8) is 0 Å². The van der Waals surface area contributed by atoms with Crippen molar-refractivity contribution in [1.29, 1.82) is 0 Å². The van der Waals surface area contributed by atoms with Gasteiger partial charge in [-0.2, -0.15) is 0 Å². The third-order valence-corrected chi connectivity index (χ3v) is 12.9. The van der Waals surface area contributed by atoms with Crippen LogP contribution in [0, 0.1) is 0 Å². The van der Waals surface area contributed by atoms with Crippen LogP contribution < -0.4 is 25.9 Å². The first-order valence-corrected chi connectivity index (χ1v) is 20.6. The summed E-state index contributed by atoms with van der Waals surface area (Å²) in [6, 6.07) is 69.5. The van der Waals surface area contributed by atoms with Crippen LogP contribution in [-0.4, -0.2) is 20.4 Å². The van der Waals surface area contributed by atoms with E-state index in [1.165, 1.54) is 0 Å². The highest BCUT2D eigenvalue weighted by molar-refractivity contribution is 6.99. The fourth-order valence-corrected chi connectivity index (χ4v) is 10.6. The average molecular weight is 766 g/mol. The highest BCUT2D eigenvalue weighted by Gasteiger charge is 2.44. The lowest BCUT2D eigenvalue weighted by Gasteiger charge is -2.34. The van der Waals surface area contributed by atoms with E-state index >= 15 is 0 Å². The molecule has 0 saturated heterocycles. The molecule has 60 heavy (non-hydrogen) atoms. The van der Waals surface area contributed by atoms with E-state index in [2.05, 4.69) is 208 Å². The molecule has 9 aromatic carbocycles. The maximum atomic E-state index is 7.59. The molecule has 5 nitrogen and oxygen atoms in total. The SMILES string of the molecule is c1ccc(-n2c3ccccc3c3c4c(ccc32)B2c3ccc5c(c3Oc3c2c(cc2c3c3ccccc3n2-c2ccccc2)O4)c2ccccc2n5-c2ccccc2)cc1. The van der Waals surface area contributed by atoms with E-state index in [-0.39, 0.29) is 6.71 Å². The van der Waals surface area contributed by atoms with Gasteiger partial charge in [0.25, 0.3) is 6.71 Å². The molecule has 0 atom stereocenters. The number of hydrogen-bond donors (Lipinski definition) is 0. The lowest BCUT2D eigenvalue weighted by molar-refractivity contribution is 0.474. The predicted octanol–water partition coefficient (Wildman–Crippen LogP) is 11.7. The smallest absolute Gasteiger partial charge is 0.260 e. The van der Waals surface area contributed by atoms with Gasteiger partial charge in [0.05, 0.1) is 49.3 Å². The van der Waals surface area contributed by atoms with Crippen LogP contribution in [0.25, 0.3) is 82.5 Å². The zero-order valence-corrected chi connectivity index (χ0v) is 32.2. The van der Waals surface area contributed by atoms with Crippen LogP contribution in [0.1, 0.15) is 0 Å². The van der Waals surface area contributed by atoms with Crippen LogP contribution in [0.4, 0.5) is 0 Å². The Hall–Kier alpha value is -7.96. The van der Waals surface area contributed by atoms with Gasteiger partial charge in [-0.05, 0) is 77.7 Å². The molecule has 14 rings (SSSR count). The van der Waals surface area contributed by atoms with Crippen molar-refractivity contribution in [2.45, 2.75) is 0 Å². The van der Waals surface area contributed by atoms with Crippen molar-refractivity contribution in [2.24, 2.45) is 0 Å². The van der Waals surface area contributed by atoms with Gasteiger partial charge in [0.2, 0.25) is 0 Å². The third-order valence-electron chi connectivity index (χ3n) is 12.9. The van der Waals surface area contributed by atoms with Gasteiger partial charge in [-0.1, -0.05) is 121 Å². The largest absolute Gasteiger partial charge is 0.457 e. The zero-order chi connectivity index (χ0) is 39.1. The van der Waals surface area contributed by atoms with Crippen molar-refractivity contribution >= 4 is 88.5 Å². The normalized spacial score (nSPS) is 12.9. The van der Waals surface area contributed by atoms with Gasteiger partial charge in [0.15, 0.2) is 0 Å². The summed E-state index contributed by atoms with van der Waals surface area (Å²) in [5.41, 5.74) is 13.3. The standard InChI is InChI=1S/C54H32BN3O2/c1-4-16-33(17-5-1)56-41-25-13-10-22-36(41)48-44(56)30-28-39-52(48)59-47-32-46-50(38-24-12-15-27-43(38)58(46)35-20-8-3-9-21-35)54-51(47)55(39)40-29-31-45-49(53(40)60-54)37-23-11-14-26-42(37)57(45)34-18-6-2-7-19-34/h1-32H. The number of benzene rings is 9. The van der Waals surface area contributed by atoms with Gasteiger partial charge in [-0.3, -0.25) is 0 Å². The van der Waals surface area contributed by atoms with Gasteiger partial charge in [-0.15, -0.1) is 0 Å². The third kappa shape index (κ3) is 4.11. The summed E-state index contributed by atoms with van der Waals surface area (Å²) in [5, 5.41) is 6.76. The van der Waals surface area contributed by atoms with E-state index in [1.807, 2.05) is 0 Å². The first-order chi connectivity index (χ1) is 29.8. The second-order valence-corrected chi connectivity index (χ2v) is 16.0. The molecule has 278 valence electrons. The molecule has 0 N–H and O–H groups in total. The molecular formula is C54H32BN3O2. The van der Waals surface area contributed by atoms with E-state index in [4.69, 9.17) is 9.47 Å². The molecule has 0 unspecified atom stereocenters. The molecule has 6 heteroatoms. The first-order valence-electron chi connectivity index (χ1n) is 20.6. The van der Waals surface area contributed by atoms with Crippen LogP contribution in [-0.2, 0) is 0 Å². The molecule has 5 heterocycles. The van der Waals surface area contributed by atoms with E-state index in [9.17, 15) is 0 Å².